The molecule has 0 spiro atoms. The molecule has 0 aliphatic rings. The molecule has 0 saturated heterocycles. The molecule has 60 valence electrons. The van der Waals surface area contributed by atoms with Gasteiger partial charge in [-0.15, -0.1) is 11.3 Å². The minimum absolute atomic E-state index is 0.955. The highest BCUT2D eigenvalue weighted by atomic mass is 32.1. The lowest BCUT2D eigenvalue weighted by Gasteiger charge is -1.99. The number of aromatic nitrogens is 1. The molecule has 0 aliphatic heterocycles. The van der Waals surface area contributed by atoms with Crippen LogP contribution in [0.1, 0.15) is 10.7 Å². The van der Waals surface area contributed by atoms with Crippen LogP contribution in [0.4, 0.5) is 0 Å². The van der Waals surface area contributed by atoms with Crippen LogP contribution in [0.15, 0.2) is 10.5 Å². The van der Waals surface area contributed by atoms with Gasteiger partial charge in [-0.25, -0.2) is 4.98 Å². The van der Waals surface area contributed by atoms with E-state index >= 15 is 0 Å². The van der Waals surface area contributed by atoms with E-state index in [0.29, 0.717) is 0 Å². The van der Waals surface area contributed by atoms with E-state index in [0.717, 1.165) is 10.7 Å². The summed E-state index contributed by atoms with van der Waals surface area (Å²) in [6, 6.07) is 0. The summed E-state index contributed by atoms with van der Waals surface area (Å²) in [6.07, 6.45) is 1.76. The first kappa shape index (κ1) is 8.20. The number of aryl methyl sites for hydroxylation is 1. The topological polar surface area (TPSA) is 28.5 Å². The van der Waals surface area contributed by atoms with Crippen LogP contribution in [0, 0.1) is 6.92 Å². The molecule has 0 aliphatic carbocycles. The molecule has 0 saturated carbocycles. The second-order valence-corrected chi connectivity index (χ2v) is 3.31. The summed E-state index contributed by atoms with van der Waals surface area (Å²) in [7, 11) is 3.77. The summed E-state index contributed by atoms with van der Waals surface area (Å²) >= 11 is 1.60. The van der Waals surface area contributed by atoms with Gasteiger partial charge in [0.25, 0.3) is 0 Å². The smallest absolute Gasteiger partial charge is 0.136 e. The molecule has 1 aromatic heterocycles. The Morgan fingerprint density at radius 2 is 2.36 bits per heavy atom. The lowest BCUT2D eigenvalue weighted by Crippen LogP contribution is -2.01. The molecule has 0 bridgehead atoms. The molecular formula is C7H11N3S. The molecule has 0 N–H and O–H groups in total. The van der Waals surface area contributed by atoms with Crippen molar-refractivity contribution in [3.05, 3.63) is 16.1 Å². The largest absolute Gasteiger partial charge is 0.303 e. The Morgan fingerprint density at radius 3 is 2.82 bits per heavy atom. The first-order valence-corrected chi connectivity index (χ1v) is 4.20. The highest BCUT2D eigenvalue weighted by Gasteiger charge is 1.92. The molecule has 0 radical (unpaired) electrons. The standard InChI is InChI=1S/C7H11N3S/c1-6-5-11-7(9-6)4-8-10(2)3/h4-5H,1-3H3/b8-4+. The van der Waals surface area contributed by atoms with Crippen molar-refractivity contribution in [2.45, 2.75) is 6.92 Å². The average Bonchev–Trinajstić information content (AvgIpc) is 2.31. The van der Waals surface area contributed by atoms with Gasteiger partial charge < -0.3 is 5.01 Å². The van der Waals surface area contributed by atoms with Gasteiger partial charge >= 0.3 is 0 Å². The van der Waals surface area contributed by atoms with Crippen LogP contribution < -0.4 is 0 Å². The zero-order valence-corrected chi connectivity index (χ0v) is 7.72. The maximum Gasteiger partial charge on any atom is 0.136 e. The molecule has 0 atom stereocenters. The second-order valence-electron chi connectivity index (χ2n) is 2.42. The molecule has 1 aromatic rings. The van der Waals surface area contributed by atoms with Crippen LogP contribution in [0.25, 0.3) is 0 Å². The van der Waals surface area contributed by atoms with Crippen LogP contribution in [-0.4, -0.2) is 30.3 Å². The molecule has 11 heavy (non-hydrogen) atoms. The van der Waals surface area contributed by atoms with Gasteiger partial charge in [0.05, 0.1) is 6.21 Å². The summed E-state index contributed by atoms with van der Waals surface area (Å²) in [6.45, 7) is 1.98. The maximum absolute atomic E-state index is 4.23. The van der Waals surface area contributed by atoms with Crippen molar-refractivity contribution in [1.82, 2.24) is 9.99 Å². The molecule has 0 aromatic carbocycles. The summed E-state index contributed by atoms with van der Waals surface area (Å²) in [5.41, 5.74) is 1.05. The van der Waals surface area contributed by atoms with Crippen molar-refractivity contribution in [1.29, 1.82) is 0 Å². The van der Waals surface area contributed by atoms with Crippen LogP contribution >= 0.6 is 11.3 Å². The predicted octanol–water partition coefficient (Wildman–Crippen LogP) is 1.35. The summed E-state index contributed by atoms with van der Waals surface area (Å²) in [4.78, 5) is 4.23. The average molecular weight is 169 g/mol. The highest BCUT2D eigenvalue weighted by molar-refractivity contribution is 7.11. The fraction of sp³-hybridized carbons (Fsp3) is 0.429. The first-order chi connectivity index (χ1) is 5.18. The lowest BCUT2D eigenvalue weighted by atomic mass is 10.6. The second kappa shape index (κ2) is 3.48. The lowest BCUT2D eigenvalue weighted by molar-refractivity contribution is 0.440. The quantitative estimate of drug-likeness (QED) is 0.494. The van der Waals surface area contributed by atoms with E-state index in [2.05, 4.69) is 10.1 Å². The van der Waals surface area contributed by atoms with E-state index in [1.54, 1.807) is 22.6 Å². The zero-order valence-electron chi connectivity index (χ0n) is 6.90. The van der Waals surface area contributed by atoms with Crippen LogP contribution in [0.3, 0.4) is 0 Å². The van der Waals surface area contributed by atoms with E-state index in [9.17, 15) is 0 Å². The van der Waals surface area contributed by atoms with E-state index in [4.69, 9.17) is 0 Å². The Hall–Kier alpha value is -0.900. The molecule has 0 unspecified atom stereocenters. The molecule has 4 heteroatoms. The number of hydrogen-bond donors (Lipinski definition) is 0. The van der Waals surface area contributed by atoms with Crippen molar-refractivity contribution >= 4 is 17.6 Å². The Labute approximate surface area is 70.4 Å². The van der Waals surface area contributed by atoms with Gasteiger partial charge in [0.1, 0.15) is 5.01 Å². The summed E-state index contributed by atoms with van der Waals surface area (Å²) in [5, 5.41) is 8.78. The Morgan fingerprint density at radius 1 is 1.64 bits per heavy atom. The van der Waals surface area contributed by atoms with Gasteiger partial charge in [0.15, 0.2) is 0 Å². The number of nitrogens with zero attached hydrogens (tertiary/aromatic N) is 3. The van der Waals surface area contributed by atoms with Crippen LogP contribution in [0.5, 0.6) is 0 Å². The van der Waals surface area contributed by atoms with Crippen molar-refractivity contribution in [2.24, 2.45) is 5.10 Å². The maximum atomic E-state index is 4.23. The monoisotopic (exact) mass is 169 g/mol. The van der Waals surface area contributed by atoms with Crippen LogP contribution in [0.2, 0.25) is 0 Å². The van der Waals surface area contributed by atoms with E-state index < -0.39 is 0 Å². The Bertz CT molecular complexity index is 252. The fourth-order valence-corrected chi connectivity index (χ4v) is 1.25. The number of thiazole rings is 1. The van der Waals surface area contributed by atoms with Crippen molar-refractivity contribution < 1.29 is 0 Å². The van der Waals surface area contributed by atoms with E-state index in [1.165, 1.54) is 0 Å². The van der Waals surface area contributed by atoms with Gasteiger partial charge in [0, 0.05) is 25.2 Å². The van der Waals surface area contributed by atoms with Gasteiger partial charge in [-0.2, -0.15) is 5.10 Å². The molecule has 3 nitrogen and oxygen atoms in total. The van der Waals surface area contributed by atoms with E-state index in [1.807, 2.05) is 26.4 Å². The zero-order chi connectivity index (χ0) is 8.27. The van der Waals surface area contributed by atoms with Gasteiger partial charge in [0.2, 0.25) is 0 Å². The molecular weight excluding hydrogens is 158 g/mol. The Balaban J connectivity index is 2.64. The van der Waals surface area contributed by atoms with Crippen molar-refractivity contribution in [3.63, 3.8) is 0 Å². The van der Waals surface area contributed by atoms with Crippen LogP contribution in [-0.2, 0) is 0 Å². The van der Waals surface area contributed by atoms with Crippen molar-refractivity contribution in [3.8, 4) is 0 Å². The summed E-state index contributed by atoms with van der Waals surface area (Å²) in [5.74, 6) is 0. The molecule has 1 rings (SSSR count). The third-order valence-electron chi connectivity index (χ3n) is 1.04. The minimum atomic E-state index is 0.955. The first-order valence-electron chi connectivity index (χ1n) is 3.32. The number of rotatable bonds is 2. The molecule has 0 amide bonds. The van der Waals surface area contributed by atoms with Gasteiger partial charge in [-0.05, 0) is 6.92 Å². The van der Waals surface area contributed by atoms with Gasteiger partial charge in [-0.3, -0.25) is 0 Å². The van der Waals surface area contributed by atoms with Crippen molar-refractivity contribution in [2.75, 3.05) is 14.1 Å². The third kappa shape index (κ3) is 2.67. The SMILES string of the molecule is Cc1csc(/C=N/N(C)C)n1. The molecule has 0 fully saturated rings. The van der Waals surface area contributed by atoms with Gasteiger partial charge in [-0.1, -0.05) is 0 Å². The minimum Gasteiger partial charge on any atom is -0.303 e. The van der Waals surface area contributed by atoms with E-state index in [-0.39, 0.29) is 0 Å². The highest BCUT2D eigenvalue weighted by Crippen LogP contribution is 2.05. The normalized spacial score (nSPS) is 10.8. The Kier molecular flexibility index (Phi) is 2.59. The number of hydrazone groups is 1. The fourth-order valence-electron chi connectivity index (χ4n) is 0.596. The number of hydrogen-bond acceptors (Lipinski definition) is 4. The summed E-state index contributed by atoms with van der Waals surface area (Å²) < 4.78 is 0. The predicted molar refractivity (Wildman–Crippen MR) is 48.1 cm³/mol. The molecule has 1 heterocycles. The third-order valence-corrected chi connectivity index (χ3v) is 1.93.